The Morgan fingerprint density at radius 1 is 1.04 bits per heavy atom. The number of carbonyl (C=O) groups is 2. The second-order valence-corrected chi connectivity index (χ2v) is 6.02. The van der Waals surface area contributed by atoms with Gasteiger partial charge in [0.05, 0.1) is 11.1 Å². The van der Waals surface area contributed by atoms with E-state index in [9.17, 15) is 9.59 Å². The van der Waals surface area contributed by atoms with Gasteiger partial charge in [-0.15, -0.1) is 0 Å². The molecule has 1 heterocycles. The molecule has 0 aliphatic rings. The molecule has 3 rings (SSSR count). The molecule has 0 bridgehead atoms. The highest BCUT2D eigenvalue weighted by Crippen LogP contribution is 2.27. The van der Waals surface area contributed by atoms with Crippen LogP contribution in [-0.2, 0) is 0 Å². The summed E-state index contributed by atoms with van der Waals surface area (Å²) in [4.78, 5) is 27.4. The van der Waals surface area contributed by atoms with E-state index in [1.807, 2.05) is 31.2 Å². The molecule has 3 aromatic rings. The lowest BCUT2D eigenvalue weighted by Gasteiger charge is -2.08. The molecule has 0 radical (unpaired) electrons. The normalized spacial score (nSPS) is 10.5. The molecule has 2 aromatic carbocycles. The predicted molar refractivity (Wildman–Crippen MR) is 98.5 cm³/mol. The zero-order valence-electron chi connectivity index (χ0n) is 13.4. The summed E-state index contributed by atoms with van der Waals surface area (Å²) in [6.07, 6.45) is 0. The van der Waals surface area contributed by atoms with Crippen LogP contribution in [0.3, 0.4) is 0 Å². The number of hydrazine groups is 1. The monoisotopic (exact) mass is 401 g/mol. The number of ether oxygens (including phenoxy) is 1. The van der Waals surface area contributed by atoms with Crippen molar-refractivity contribution in [1.29, 1.82) is 0 Å². The average molecular weight is 402 g/mol. The fourth-order valence-electron chi connectivity index (χ4n) is 2.38. The highest BCUT2D eigenvalue weighted by atomic mass is 79.9. The maximum Gasteiger partial charge on any atom is 0.287 e. The van der Waals surface area contributed by atoms with Crippen molar-refractivity contribution in [2.24, 2.45) is 0 Å². The van der Waals surface area contributed by atoms with E-state index in [2.05, 4.69) is 31.8 Å². The molecule has 0 fully saturated rings. The van der Waals surface area contributed by atoms with E-state index in [1.165, 1.54) is 0 Å². The molecule has 128 valence electrons. The van der Waals surface area contributed by atoms with E-state index in [0.29, 0.717) is 28.1 Å². The summed E-state index contributed by atoms with van der Waals surface area (Å²) < 4.78 is 5.98. The highest BCUT2D eigenvalue weighted by Gasteiger charge is 2.16. The first-order valence-corrected chi connectivity index (χ1v) is 8.49. The number of amides is 2. The van der Waals surface area contributed by atoms with Crippen molar-refractivity contribution in [2.45, 2.75) is 6.92 Å². The number of rotatable bonds is 4. The lowest BCUT2D eigenvalue weighted by Crippen LogP contribution is -2.41. The van der Waals surface area contributed by atoms with E-state index < -0.39 is 11.8 Å². The van der Waals surface area contributed by atoms with Crippen molar-refractivity contribution in [3.8, 4) is 5.75 Å². The van der Waals surface area contributed by atoms with Gasteiger partial charge in [0.15, 0.2) is 0 Å². The fourth-order valence-corrected chi connectivity index (χ4v) is 3.01. The van der Waals surface area contributed by atoms with Crippen molar-refractivity contribution in [1.82, 2.24) is 15.8 Å². The van der Waals surface area contributed by atoms with Crippen molar-refractivity contribution >= 4 is 38.6 Å². The standard InChI is InChI=1S/C18H16BrN3O3/c1-2-25-12-9-7-11(8-10-12)17(23)21-22-18(24)16-15(19)13-5-3-4-6-14(13)20-16/h3-10,20H,2H2,1H3,(H,21,23)(H,22,24). The quantitative estimate of drug-likeness (QED) is 0.585. The molecular formula is C18H16BrN3O3. The predicted octanol–water partition coefficient (Wildman–Crippen LogP) is 3.40. The number of aromatic nitrogens is 1. The van der Waals surface area contributed by atoms with Crippen LogP contribution >= 0.6 is 15.9 Å². The molecule has 3 N–H and O–H groups in total. The number of fused-ring (bicyclic) bond motifs is 1. The van der Waals surface area contributed by atoms with Gasteiger partial charge in [-0.1, -0.05) is 18.2 Å². The van der Waals surface area contributed by atoms with Gasteiger partial charge in [0.1, 0.15) is 11.4 Å². The van der Waals surface area contributed by atoms with Gasteiger partial charge in [-0.3, -0.25) is 20.4 Å². The molecule has 0 aliphatic carbocycles. The van der Waals surface area contributed by atoms with Gasteiger partial charge < -0.3 is 9.72 Å². The highest BCUT2D eigenvalue weighted by molar-refractivity contribution is 9.10. The molecule has 6 nitrogen and oxygen atoms in total. The van der Waals surface area contributed by atoms with Crippen LogP contribution in [0, 0.1) is 0 Å². The number of benzene rings is 2. The number of hydrogen-bond acceptors (Lipinski definition) is 3. The van der Waals surface area contributed by atoms with E-state index in [0.717, 1.165) is 10.9 Å². The third-order valence-electron chi connectivity index (χ3n) is 3.59. The van der Waals surface area contributed by atoms with Crippen LogP contribution in [0.2, 0.25) is 0 Å². The minimum Gasteiger partial charge on any atom is -0.494 e. The SMILES string of the molecule is CCOc1ccc(C(=O)NNC(=O)c2[nH]c3ccccc3c2Br)cc1. The number of nitrogens with one attached hydrogen (secondary N) is 3. The second kappa shape index (κ2) is 7.40. The summed E-state index contributed by atoms with van der Waals surface area (Å²) in [5.74, 6) is -0.170. The minimum atomic E-state index is -0.442. The van der Waals surface area contributed by atoms with Gasteiger partial charge in [-0.2, -0.15) is 0 Å². The molecule has 0 saturated carbocycles. The second-order valence-electron chi connectivity index (χ2n) is 5.23. The Morgan fingerprint density at radius 3 is 2.40 bits per heavy atom. The van der Waals surface area contributed by atoms with E-state index >= 15 is 0 Å². The Bertz CT molecular complexity index is 919. The summed E-state index contributed by atoms with van der Waals surface area (Å²) in [6.45, 7) is 2.44. The lowest BCUT2D eigenvalue weighted by molar-refractivity contribution is 0.0844. The Hall–Kier alpha value is -2.80. The molecule has 1 aromatic heterocycles. The molecule has 0 unspecified atom stereocenters. The molecule has 0 aliphatic heterocycles. The first kappa shape index (κ1) is 17.0. The molecule has 0 saturated heterocycles. The number of H-pyrrole nitrogens is 1. The largest absolute Gasteiger partial charge is 0.494 e. The molecule has 2 amide bonds. The first-order valence-electron chi connectivity index (χ1n) is 7.70. The topological polar surface area (TPSA) is 83.2 Å². The number of halogens is 1. The van der Waals surface area contributed by atoms with Gasteiger partial charge in [0.25, 0.3) is 11.8 Å². The van der Waals surface area contributed by atoms with Crippen molar-refractivity contribution in [2.75, 3.05) is 6.61 Å². The summed E-state index contributed by atoms with van der Waals surface area (Å²) >= 11 is 3.41. The fraction of sp³-hybridized carbons (Fsp3) is 0.111. The smallest absolute Gasteiger partial charge is 0.287 e. The Kier molecular flexibility index (Phi) is 5.04. The van der Waals surface area contributed by atoms with Crippen molar-refractivity contribution in [3.63, 3.8) is 0 Å². The van der Waals surface area contributed by atoms with E-state index in [4.69, 9.17) is 4.74 Å². The average Bonchev–Trinajstić information content (AvgIpc) is 2.97. The number of aromatic amines is 1. The van der Waals surface area contributed by atoms with Crippen molar-refractivity contribution < 1.29 is 14.3 Å². The zero-order chi connectivity index (χ0) is 17.8. The number of hydrogen-bond donors (Lipinski definition) is 3. The third-order valence-corrected chi connectivity index (χ3v) is 4.41. The first-order chi connectivity index (χ1) is 12.1. The summed E-state index contributed by atoms with van der Waals surface area (Å²) in [5.41, 5.74) is 6.40. The van der Waals surface area contributed by atoms with Crippen LogP contribution in [0.15, 0.2) is 53.0 Å². The molecule has 25 heavy (non-hydrogen) atoms. The Morgan fingerprint density at radius 2 is 1.72 bits per heavy atom. The van der Waals surface area contributed by atoms with Crippen LogP contribution in [0.5, 0.6) is 5.75 Å². The molecule has 0 atom stereocenters. The van der Waals surface area contributed by atoms with Crippen LogP contribution < -0.4 is 15.6 Å². The van der Waals surface area contributed by atoms with Crippen LogP contribution in [0.25, 0.3) is 10.9 Å². The van der Waals surface area contributed by atoms with Gasteiger partial charge in [-0.05, 0) is 53.2 Å². The molecule has 7 heteroatoms. The zero-order valence-corrected chi connectivity index (χ0v) is 15.0. The van der Waals surface area contributed by atoms with Gasteiger partial charge in [0.2, 0.25) is 0 Å². The van der Waals surface area contributed by atoms with Gasteiger partial charge in [-0.25, -0.2) is 0 Å². The summed E-state index contributed by atoms with van der Waals surface area (Å²) in [6, 6.07) is 14.2. The van der Waals surface area contributed by atoms with Crippen molar-refractivity contribution in [3.05, 3.63) is 64.3 Å². The maximum absolute atomic E-state index is 12.3. The van der Waals surface area contributed by atoms with Gasteiger partial charge in [0, 0.05) is 16.5 Å². The Labute approximate surface area is 152 Å². The van der Waals surface area contributed by atoms with Gasteiger partial charge >= 0.3 is 0 Å². The molecular weight excluding hydrogens is 386 g/mol. The maximum atomic E-state index is 12.3. The minimum absolute atomic E-state index is 0.341. The molecule has 0 spiro atoms. The van der Waals surface area contributed by atoms with Crippen LogP contribution in [-0.4, -0.2) is 23.4 Å². The lowest BCUT2D eigenvalue weighted by atomic mass is 10.2. The number of para-hydroxylation sites is 1. The third kappa shape index (κ3) is 3.66. The summed E-state index contributed by atoms with van der Waals surface area (Å²) in [7, 11) is 0. The number of carbonyl (C=O) groups excluding carboxylic acids is 2. The summed E-state index contributed by atoms with van der Waals surface area (Å²) in [5, 5.41) is 0.894. The van der Waals surface area contributed by atoms with Crippen LogP contribution in [0.1, 0.15) is 27.8 Å². The van der Waals surface area contributed by atoms with E-state index in [1.54, 1.807) is 24.3 Å². The van der Waals surface area contributed by atoms with E-state index in [-0.39, 0.29) is 0 Å². The van der Waals surface area contributed by atoms with Crippen LogP contribution in [0.4, 0.5) is 0 Å². The Balaban J connectivity index is 1.66.